The van der Waals surface area contributed by atoms with Crippen LogP contribution < -0.4 is 4.74 Å². The average Bonchev–Trinajstić information content (AvgIpc) is 2.82. The Morgan fingerprint density at radius 1 is 1.15 bits per heavy atom. The van der Waals surface area contributed by atoms with Crippen molar-refractivity contribution in [2.45, 2.75) is 0 Å². The third kappa shape index (κ3) is 2.56. The Hall–Kier alpha value is -1.82. The molecule has 0 saturated carbocycles. The number of halogens is 1. The number of hydrogen-bond donors (Lipinski definition) is 0. The van der Waals surface area contributed by atoms with Gasteiger partial charge in [0.1, 0.15) is 0 Å². The molecule has 2 aromatic carbocycles. The normalized spacial score (nSPS) is 15.2. The number of fused-ring (bicyclic) bond motifs is 1. The van der Waals surface area contributed by atoms with Gasteiger partial charge in [0, 0.05) is 0 Å². The number of benzene rings is 2. The Labute approximate surface area is 125 Å². The molecule has 0 bridgehead atoms. The molecule has 1 aliphatic rings. The van der Waals surface area contributed by atoms with Gasteiger partial charge in [0.15, 0.2) is 0 Å². The summed E-state index contributed by atoms with van der Waals surface area (Å²) in [4.78, 5) is 11.9. The van der Waals surface area contributed by atoms with Crippen molar-refractivity contribution in [2.24, 2.45) is 0 Å². The van der Waals surface area contributed by atoms with Gasteiger partial charge < -0.3 is 0 Å². The number of rotatable bonds is 3. The minimum absolute atomic E-state index is 0.234. The first-order valence-electron chi connectivity index (χ1n) is 6.10. The third-order valence-electron chi connectivity index (χ3n) is 2.92. The Morgan fingerprint density at radius 2 is 1.95 bits per heavy atom. The predicted molar refractivity (Wildman–Crippen MR) is 86.6 cm³/mol. The van der Waals surface area contributed by atoms with E-state index in [1.807, 2.05) is 48.5 Å². The number of carbonyl (C=O) groups excluding carboxylic acids is 1. The molecule has 0 atom stereocenters. The molecule has 0 N–H and O–H groups in total. The van der Waals surface area contributed by atoms with Gasteiger partial charge in [0.05, 0.1) is 0 Å². The maximum atomic E-state index is 11.9. The monoisotopic (exact) mass is 380 g/mol. The number of hydrogen-bond acceptors (Lipinski definition) is 3. The van der Waals surface area contributed by atoms with Gasteiger partial charge >= 0.3 is 125 Å². The number of methoxy groups -OCH3 is 1. The zero-order valence-corrected chi connectivity index (χ0v) is 13.0. The molecular weight excluding hydrogens is 367 g/mol. The van der Waals surface area contributed by atoms with Crippen LogP contribution in [0.25, 0.3) is 6.08 Å². The molecule has 4 heteroatoms. The first-order valence-corrected chi connectivity index (χ1v) is 9.31. The number of ether oxygens (including phenoxy) is 1. The molecule has 0 saturated heterocycles. The van der Waals surface area contributed by atoms with E-state index in [1.165, 1.54) is 0 Å². The van der Waals surface area contributed by atoms with Crippen molar-refractivity contribution >= 4 is 32.3 Å². The van der Waals surface area contributed by atoms with E-state index in [-0.39, 0.29) is 5.97 Å². The molecule has 3 rings (SSSR count). The van der Waals surface area contributed by atoms with E-state index in [4.69, 9.17) is 7.80 Å². The van der Waals surface area contributed by atoms with Crippen molar-refractivity contribution in [3.8, 4) is 5.75 Å². The Balaban J connectivity index is 1.88. The van der Waals surface area contributed by atoms with E-state index in [0.717, 1.165) is 9.13 Å². The summed E-state index contributed by atoms with van der Waals surface area (Å²) in [7, 11) is 1.59. The van der Waals surface area contributed by atoms with E-state index in [9.17, 15) is 4.79 Å². The molecule has 20 heavy (non-hydrogen) atoms. The summed E-state index contributed by atoms with van der Waals surface area (Å²) in [5.74, 6) is 0.451. The van der Waals surface area contributed by atoms with E-state index in [1.54, 1.807) is 13.2 Å². The quantitative estimate of drug-likeness (QED) is 0.752. The maximum absolute atomic E-state index is 11.9. The SMILES string of the molecule is COc1ccc2c(c1)C(=O)OI2/C=C/c1ccccc1. The summed E-state index contributed by atoms with van der Waals surface area (Å²) in [6.07, 6.45) is 2.03. The standard InChI is InChI=1S/C16H13IO3/c1-19-13-7-8-15-14(11-13)16(18)20-17(15)10-9-12-5-3-2-4-6-12/h2-11H,1H3/b10-9+. The van der Waals surface area contributed by atoms with E-state index in [2.05, 4.69) is 4.08 Å². The van der Waals surface area contributed by atoms with Gasteiger partial charge in [-0.3, -0.25) is 0 Å². The molecule has 1 aliphatic heterocycles. The zero-order valence-electron chi connectivity index (χ0n) is 10.9. The van der Waals surface area contributed by atoms with Crippen molar-refractivity contribution in [1.29, 1.82) is 0 Å². The molecular formula is C16H13IO3. The van der Waals surface area contributed by atoms with Crippen LogP contribution in [0, 0.1) is 3.57 Å². The fraction of sp³-hybridized carbons (Fsp3) is 0.0625. The van der Waals surface area contributed by atoms with Gasteiger partial charge in [0.25, 0.3) is 0 Å². The summed E-state index contributed by atoms with van der Waals surface area (Å²) in [5, 5.41) is 0. The van der Waals surface area contributed by atoms with E-state index >= 15 is 0 Å². The van der Waals surface area contributed by atoms with E-state index < -0.39 is 20.2 Å². The molecule has 0 aliphatic carbocycles. The second-order valence-corrected chi connectivity index (χ2v) is 8.08. The molecule has 1 heterocycles. The van der Waals surface area contributed by atoms with Crippen LogP contribution in [-0.2, 0) is 3.07 Å². The van der Waals surface area contributed by atoms with Crippen molar-refractivity contribution < 1.29 is 12.6 Å². The average molecular weight is 380 g/mol. The summed E-state index contributed by atoms with van der Waals surface area (Å²) in [6, 6.07) is 15.6. The van der Waals surface area contributed by atoms with Gasteiger partial charge in [-0.15, -0.1) is 0 Å². The Bertz CT molecular complexity index is 665. The first kappa shape index (κ1) is 13.2. The molecule has 0 radical (unpaired) electrons. The van der Waals surface area contributed by atoms with E-state index in [0.29, 0.717) is 11.3 Å². The summed E-state index contributed by atoms with van der Waals surface area (Å²) >= 11 is -2.01. The summed E-state index contributed by atoms with van der Waals surface area (Å²) < 4.78 is 13.8. The van der Waals surface area contributed by atoms with Crippen LogP contribution in [0.4, 0.5) is 0 Å². The van der Waals surface area contributed by atoms with Crippen molar-refractivity contribution in [1.82, 2.24) is 0 Å². The predicted octanol–water partition coefficient (Wildman–Crippen LogP) is 4.13. The van der Waals surface area contributed by atoms with Gasteiger partial charge in [-0.25, -0.2) is 0 Å². The van der Waals surface area contributed by atoms with Crippen molar-refractivity contribution in [3.63, 3.8) is 0 Å². The summed E-state index contributed by atoms with van der Waals surface area (Å²) in [6.45, 7) is 0. The zero-order chi connectivity index (χ0) is 13.9. The molecule has 0 fully saturated rings. The molecule has 0 unspecified atom stereocenters. The van der Waals surface area contributed by atoms with Gasteiger partial charge in [-0.05, 0) is 0 Å². The summed E-state index contributed by atoms with van der Waals surface area (Å²) in [5.41, 5.74) is 1.76. The Kier molecular flexibility index (Phi) is 3.73. The van der Waals surface area contributed by atoms with Crippen LogP contribution in [-0.4, -0.2) is 13.1 Å². The molecule has 0 amide bonds. The molecule has 0 aromatic heterocycles. The molecule has 0 spiro atoms. The van der Waals surface area contributed by atoms with Gasteiger partial charge in [0.2, 0.25) is 0 Å². The number of carbonyl (C=O) groups is 1. The third-order valence-corrected chi connectivity index (χ3v) is 6.89. The van der Waals surface area contributed by atoms with Crippen LogP contribution in [0.1, 0.15) is 15.9 Å². The minimum atomic E-state index is -2.01. The van der Waals surface area contributed by atoms with Crippen molar-refractivity contribution in [3.05, 3.63) is 67.3 Å². The van der Waals surface area contributed by atoms with Crippen LogP contribution in [0.15, 0.2) is 52.6 Å². The first-order chi connectivity index (χ1) is 9.78. The molecule has 102 valence electrons. The van der Waals surface area contributed by atoms with Crippen molar-refractivity contribution in [2.75, 3.05) is 7.11 Å². The fourth-order valence-electron chi connectivity index (χ4n) is 1.90. The topological polar surface area (TPSA) is 35.5 Å². The van der Waals surface area contributed by atoms with Crippen LogP contribution in [0.5, 0.6) is 5.75 Å². The van der Waals surface area contributed by atoms with Crippen LogP contribution >= 0.6 is 20.2 Å². The van der Waals surface area contributed by atoms with Crippen LogP contribution in [0.3, 0.4) is 0 Å². The molecule has 2 aromatic rings. The fourth-order valence-corrected chi connectivity index (χ4v) is 5.56. The molecule has 3 nitrogen and oxygen atoms in total. The second kappa shape index (κ2) is 5.66. The van der Waals surface area contributed by atoms with Crippen LogP contribution in [0.2, 0.25) is 0 Å². The Morgan fingerprint density at radius 3 is 2.70 bits per heavy atom. The second-order valence-electron chi connectivity index (χ2n) is 4.19. The van der Waals surface area contributed by atoms with Gasteiger partial charge in [-0.1, -0.05) is 0 Å². The van der Waals surface area contributed by atoms with Gasteiger partial charge in [-0.2, -0.15) is 0 Å².